The number of halogens is 1. The van der Waals surface area contributed by atoms with E-state index in [1.54, 1.807) is 6.07 Å². The number of ether oxygens (including phenoxy) is 1. The Bertz CT molecular complexity index is 1030. The van der Waals surface area contributed by atoms with Gasteiger partial charge in [0.15, 0.2) is 5.17 Å². The highest BCUT2D eigenvalue weighted by molar-refractivity contribution is 8.13. The Labute approximate surface area is 167 Å². The van der Waals surface area contributed by atoms with Crippen molar-refractivity contribution >= 4 is 51.1 Å². The Kier molecular flexibility index (Phi) is 6.42. The van der Waals surface area contributed by atoms with Crippen LogP contribution in [0.4, 0.5) is 0 Å². The van der Waals surface area contributed by atoms with Crippen molar-refractivity contribution in [2.24, 2.45) is 10.7 Å². The average Bonchev–Trinajstić information content (AvgIpc) is 3.17. The minimum absolute atomic E-state index is 0. The number of fused-ring (bicyclic) bond motifs is 3. The molecule has 2 N–H and O–H groups in total. The normalized spacial score (nSPS) is 17.3. The van der Waals surface area contributed by atoms with Gasteiger partial charge in [-0.05, 0) is 35.2 Å². The number of thioether (sulfide) groups is 1. The average molecular weight is 405 g/mol. The molecule has 1 unspecified atom stereocenters. The van der Waals surface area contributed by atoms with Gasteiger partial charge in [-0.15, -0.1) is 12.4 Å². The fourth-order valence-electron chi connectivity index (χ4n) is 3.31. The van der Waals surface area contributed by atoms with Gasteiger partial charge < -0.3 is 14.9 Å². The molecule has 1 atom stereocenters. The molecule has 0 saturated carbocycles. The third kappa shape index (κ3) is 4.46. The lowest BCUT2D eigenvalue weighted by molar-refractivity contribution is 0.118. The number of amidine groups is 1. The van der Waals surface area contributed by atoms with E-state index in [2.05, 4.69) is 4.99 Å². The zero-order chi connectivity index (χ0) is 17.9. The number of hydrogen-bond donors (Lipinski definition) is 1. The number of rotatable bonds is 4. The van der Waals surface area contributed by atoms with Crippen molar-refractivity contribution in [1.82, 2.24) is 0 Å². The summed E-state index contributed by atoms with van der Waals surface area (Å²) >= 11 is 1.44. The van der Waals surface area contributed by atoms with E-state index in [1.165, 1.54) is 11.8 Å². The van der Waals surface area contributed by atoms with Crippen LogP contribution in [0.15, 0.2) is 56.7 Å². The molecule has 0 spiro atoms. The Morgan fingerprint density at radius 1 is 1.26 bits per heavy atom. The zero-order valence-electron chi connectivity index (χ0n) is 14.7. The monoisotopic (exact) mass is 404 g/mol. The van der Waals surface area contributed by atoms with Crippen LogP contribution in [0.25, 0.3) is 21.7 Å². The van der Waals surface area contributed by atoms with Gasteiger partial charge >= 0.3 is 5.63 Å². The Morgan fingerprint density at radius 2 is 2.11 bits per heavy atom. The second-order valence-electron chi connectivity index (χ2n) is 6.35. The van der Waals surface area contributed by atoms with Crippen LogP contribution in [0, 0.1) is 0 Å². The van der Waals surface area contributed by atoms with Crippen LogP contribution in [0.1, 0.15) is 18.4 Å². The predicted octanol–water partition coefficient (Wildman–Crippen LogP) is 4.09. The highest BCUT2D eigenvalue weighted by atomic mass is 35.5. The lowest BCUT2D eigenvalue weighted by atomic mass is 10.0. The highest BCUT2D eigenvalue weighted by Gasteiger charge is 2.15. The summed E-state index contributed by atoms with van der Waals surface area (Å²) in [6, 6.07) is 13.4. The maximum atomic E-state index is 11.9. The van der Waals surface area contributed by atoms with Gasteiger partial charge in [-0.2, -0.15) is 0 Å². The van der Waals surface area contributed by atoms with Gasteiger partial charge in [0.05, 0.1) is 12.6 Å². The second kappa shape index (κ2) is 8.78. The zero-order valence-corrected chi connectivity index (χ0v) is 16.4. The van der Waals surface area contributed by atoms with E-state index in [0.29, 0.717) is 23.0 Å². The minimum atomic E-state index is -0.349. The molecule has 1 aromatic heterocycles. The fourth-order valence-corrected chi connectivity index (χ4v) is 4.01. The molecule has 2 aromatic carbocycles. The Hall–Kier alpha value is -2.02. The first kappa shape index (κ1) is 19.7. The second-order valence-corrected chi connectivity index (χ2v) is 7.35. The Morgan fingerprint density at radius 3 is 2.93 bits per heavy atom. The maximum Gasteiger partial charge on any atom is 0.336 e. The van der Waals surface area contributed by atoms with Crippen LogP contribution in [0.3, 0.4) is 0 Å². The molecule has 142 valence electrons. The molecule has 0 bridgehead atoms. The standard InChI is InChI=1S/C20H20N2O3S.ClH/c21-20(22-11-15-5-3-9-24-15)26-12-14-10-18(23)25-17-8-7-13-4-1-2-6-16(13)19(14)17;/h1-2,4,6-8,10,15H,3,5,9,11-12H2,(H2,21,22);1H. The smallest absolute Gasteiger partial charge is 0.336 e. The summed E-state index contributed by atoms with van der Waals surface area (Å²) in [5, 5.41) is 3.66. The largest absolute Gasteiger partial charge is 0.423 e. The van der Waals surface area contributed by atoms with E-state index in [0.717, 1.165) is 41.2 Å². The van der Waals surface area contributed by atoms with Gasteiger partial charge in [0, 0.05) is 23.8 Å². The predicted molar refractivity (Wildman–Crippen MR) is 114 cm³/mol. The van der Waals surface area contributed by atoms with Crippen molar-refractivity contribution in [2.75, 3.05) is 13.2 Å². The van der Waals surface area contributed by atoms with Crippen LogP contribution in [0.2, 0.25) is 0 Å². The molecule has 0 radical (unpaired) electrons. The Balaban J connectivity index is 0.00000210. The number of nitrogens with two attached hydrogens (primary N) is 1. The topological polar surface area (TPSA) is 77.8 Å². The molecule has 27 heavy (non-hydrogen) atoms. The van der Waals surface area contributed by atoms with E-state index in [9.17, 15) is 4.79 Å². The lowest BCUT2D eigenvalue weighted by Crippen LogP contribution is -2.14. The van der Waals surface area contributed by atoms with E-state index < -0.39 is 0 Å². The summed E-state index contributed by atoms with van der Waals surface area (Å²) in [6.45, 7) is 1.41. The fraction of sp³-hybridized carbons (Fsp3) is 0.300. The van der Waals surface area contributed by atoms with E-state index in [4.69, 9.17) is 14.9 Å². The van der Waals surface area contributed by atoms with E-state index in [1.807, 2.05) is 36.4 Å². The molecular weight excluding hydrogens is 384 g/mol. The third-order valence-corrected chi connectivity index (χ3v) is 5.45. The SMILES string of the molecule is Cl.NC(=NCC1CCCO1)SCc1cc(=O)oc2ccc3ccccc3c12. The van der Waals surface area contributed by atoms with Gasteiger partial charge in [-0.1, -0.05) is 42.1 Å². The molecule has 1 fully saturated rings. The molecule has 3 aromatic rings. The highest BCUT2D eigenvalue weighted by Crippen LogP contribution is 2.29. The molecule has 5 nitrogen and oxygen atoms in total. The van der Waals surface area contributed by atoms with Gasteiger partial charge in [0.1, 0.15) is 5.58 Å². The molecule has 0 aliphatic carbocycles. The molecule has 0 amide bonds. The number of benzene rings is 2. The van der Waals surface area contributed by atoms with Crippen molar-refractivity contribution in [1.29, 1.82) is 0 Å². The van der Waals surface area contributed by atoms with Gasteiger partial charge in [0.2, 0.25) is 0 Å². The quantitative estimate of drug-likeness (QED) is 0.306. The van der Waals surface area contributed by atoms with Crippen LogP contribution >= 0.6 is 24.2 Å². The number of aliphatic imine (C=N–C) groups is 1. The summed E-state index contributed by atoms with van der Waals surface area (Å²) < 4.78 is 11.0. The summed E-state index contributed by atoms with van der Waals surface area (Å²) in [4.78, 5) is 16.3. The van der Waals surface area contributed by atoms with E-state index >= 15 is 0 Å². The first-order valence-electron chi connectivity index (χ1n) is 8.69. The van der Waals surface area contributed by atoms with Gasteiger partial charge in [-0.3, -0.25) is 4.99 Å². The van der Waals surface area contributed by atoms with Gasteiger partial charge in [-0.25, -0.2) is 4.79 Å². The summed E-state index contributed by atoms with van der Waals surface area (Å²) in [6.07, 6.45) is 2.31. The van der Waals surface area contributed by atoms with Crippen molar-refractivity contribution in [2.45, 2.75) is 24.7 Å². The van der Waals surface area contributed by atoms with Crippen LogP contribution < -0.4 is 11.4 Å². The lowest BCUT2D eigenvalue weighted by Gasteiger charge is -2.09. The summed E-state index contributed by atoms with van der Waals surface area (Å²) in [7, 11) is 0. The molecule has 1 saturated heterocycles. The van der Waals surface area contributed by atoms with Crippen molar-refractivity contribution in [3.8, 4) is 0 Å². The minimum Gasteiger partial charge on any atom is -0.423 e. The number of hydrogen-bond acceptors (Lipinski definition) is 5. The van der Waals surface area contributed by atoms with Crippen LogP contribution in [0.5, 0.6) is 0 Å². The third-order valence-electron chi connectivity index (χ3n) is 4.56. The van der Waals surface area contributed by atoms with Crippen molar-refractivity contribution in [3.05, 3.63) is 58.4 Å². The molecule has 2 heterocycles. The molecule has 7 heteroatoms. The van der Waals surface area contributed by atoms with Crippen LogP contribution in [-0.2, 0) is 10.5 Å². The first-order chi connectivity index (χ1) is 12.7. The van der Waals surface area contributed by atoms with E-state index in [-0.39, 0.29) is 24.1 Å². The summed E-state index contributed by atoms with van der Waals surface area (Å²) in [5.74, 6) is 0.566. The molecule has 1 aliphatic heterocycles. The van der Waals surface area contributed by atoms with Gasteiger partial charge in [0.25, 0.3) is 0 Å². The number of nitrogens with zero attached hydrogens (tertiary/aromatic N) is 1. The van der Waals surface area contributed by atoms with Crippen molar-refractivity contribution in [3.63, 3.8) is 0 Å². The molecular formula is C20H21ClN2O3S. The summed E-state index contributed by atoms with van der Waals surface area (Å²) in [5.41, 5.74) is 7.21. The molecule has 1 aliphatic rings. The first-order valence-corrected chi connectivity index (χ1v) is 9.68. The maximum absolute atomic E-state index is 11.9. The van der Waals surface area contributed by atoms with Crippen LogP contribution in [-0.4, -0.2) is 24.4 Å². The molecule has 4 rings (SSSR count). The van der Waals surface area contributed by atoms with Crippen molar-refractivity contribution < 1.29 is 9.15 Å².